The third-order valence-corrected chi connectivity index (χ3v) is 5.92. The van der Waals surface area contributed by atoms with Crippen LogP contribution in [0.15, 0.2) is 23.3 Å². The molecule has 0 aromatic heterocycles. The molecule has 0 spiro atoms. The normalized spacial score (nSPS) is 28.7. The molecule has 0 aromatic rings. The summed E-state index contributed by atoms with van der Waals surface area (Å²) in [6, 6.07) is 0. The van der Waals surface area contributed by atoms with E-state index in [1.165, 1.54) is 70.6 Å². The van der Waals surface area contributed by atoms with Crippen molar-refractivity contribution in [2.24, 2.45) is 17.8 Å². The van der Waals surface area contributed by atoms with Crippen LogP contribution in [0.25, 0.3) is 0 Å². The van der Waals surface area contributed by atoms with Crippen LogP contribution in [0, 0.1) is 31.1 Å². The van der Waals surface area contributed by atoms with E-state index in [2.05, 4.69) is 32.4 Å². The predicted molar refractivity (Wildman–Crippen MR) is 98.4 cm³/mol. The van der Waals surface area contributed by atoms with Crippen LogP contribution in [-0.2, 0) is 0 Å². The molecule has 1 radical (unpaired) electrons. The number of hydrogen-bond acceptors (Lipinski definition) is 0. The van der Waals surface area contributed by atoms with Gasteiger partial charge in [-0.3, -0.25) is 0 Å². The molecule has 2 unspecified atom stereocenters. The van der Waals surface area contributed by atoms with E-state index < -0.39 is 0 Å². The second kappa shape index (κ2) is 10.3. The molecular formula is C22H36Es-2. The van der Waals surface area contributed by atoms with Gasteiger partial charge in [-0.2, -0.15) is 19.8 Å². The van der Waals surface area contributed by atoms with E-state index in [1.54, 1.807) is 18.1 Å². The van der Waals surface area contributed by atoms with Crippen LogP contribution in [0.5, 0.6) is 0 Å². The van der Waals surface area contributed by atoms with Crippen molar-refractivity contribution in [1.29, 1.82) is 0 Å². The topological polar surface area (TPSA) is 0 Å². The van der Waals surface area contributed by atoms with E-state index in [0.717, 1.165) is 17.8 Å². The Labute approximate surface area is 139 Å². The van der Waals surface area contributed by atoms with Crippen molar-refractivity contribution in [3.05, 3.63) is 36.6 Å². The summed E-state index contributed by atoms with van der Waals surface area (Å²) in [5, 5.41) is 0. The largest absolute Gasteiger partial charge is 0.346 e. The van der Waals surface area contributed by atoms with Gasteiger partial charge in [-0.05, 0) is 62.7 Å². The maximum absolute atomic E-state index is 3.25. The summed E-state index contributed by atoms with van der Waals surface area (Å²) in [7, 11) is 0. The number of allylic oxidation sites excluding steroid dienone is 4. The van der Waals surface area contributed by atoms with Gasteiger partial charge in [0.2, 0.25) is 0 Å². The van der Waals surface area contributed by atoms with E-state index in [-0.39, 0.29) is 0 Å². The van der Waals surface area contributed by atoms with Gasteiger partial charge >= 0.3 is 0 Å². The molecule has 2 atom stereocenters. The monoisotopic (exact) mass is 552 g/mol. The molecule has 0 heterocycles. The average molecular weight is 553 g/mol. The summed E-state index contributed by atoms with van der Waals surface area (Å²) in [6.07, 6.45) is 23.0. The Balaban J connectivity index is 0.000000849. The summed E-state index contributed by atoms with van der Waals surface area (Å²) in [6.45, 7) is 7.39. The Hall–Kier alpha value is -1.52. The van der Waals surface area contributed by atoms with E-state index in [1.807, 2.05) is 0 Å². The Bertz CT molecular complexity index is 373. The smallest absolute Gasteiger partial charge is 0 e. The van der Waals surface area contributed by atoms with Crippen molar-refractivity contribution in [2.75, 3.05) is 0 Å². The molecule has 23 heavy (non-hydrogen) atoms. The van der Waals surface area contributed by atoms with E-state index in [9.17, 15) is 0 Å². The molecule has 0 aromatic carbocycles. The first kappa shape index (κ1) is 19.5. The Morgan fingerprint density at radius 2 is 1.52 bits per heavy atom. The summed E-state index contributed by atoms with van der Waals surface area (Å²) in [5.41, 5.74) is 3.49. The molecule has 1 saturated carbocycles. The quantitative estimate of drug-likeness (QED) is 0.259. The van der Waals surface area contributed by atoms with E-state index in [0.29, 0.717) is 0 Å². The predicted octanol–water partition coefficient (Wildman–Crippen LogP) is 7.08. The van der Waals surface area contributed by atoms with Crippen molar-refractivity contribution in [3.63, 3.8) is 0 Å². The van der Waals surface area contributed by atoms with Gasteiger partial charge in [0.25, 0.3) is 0 Å². The van der Waals surface area contributed by atoms with Crippen LogP contribution in [0.4, 0.5) is 0 Å². The molecule has 137 valence electrons. The fourth-order valence-corrected chi connectivity index (χ4v) is 4.39. The zero-order valence-electron chi connectivity index (χ0n) is 15.3. The zero-order chi connectivity index (χ0) is 15.8. The van der Waals surface area contributed by atoms with Crippen LogP contribution in [0.2, 0.25) is 0 Å². The molecule has 0 bridgehead atoms. The van der Waals surface area contributed by atoms with Gasteiger partial charge in [0, 0.05) is 0 Å². The van der Waals surface area contributed by atoms with Crippen molar-refractivity contribution >= 4 is 0 Å². The summed E-state index contributed by atoms with van der Waals surface area (Å²) < 4.78 is 0. The zero-order valence-corrected chi connectivity index (χ0v) is 17.8. The third-order valence-electron chi connectivity index (χ3n) is 5.92. The van der Waals surface area contributed by atoms with Crippen LogP contribution in [-0.4, -0.2) is 0 Å². The van der Waals surface area contributed by atoms with Gasteiger partial charge in [-0.1, -0.05) is 43.1 Å². The van der Waals surface area contributed by atoms with Gasteiger partial charge in [-0.25, -0.2) is 0 Å². The molecule has 3 aliphatic rings. The summed E-state index contributed by atoms with van der Waals surface area (Å²) in [4.78, 5) is 0. The molecule has 1 fully saturated rings. The third kappa shape index (κ3) is 5.88. The van der Waals surface area contributed by atoms with E-state index >= 15 is 0 Å². The number of rotatable bonds is 3. The first-order valence-corrected chi connectivity index (χ1v) is 9.69. The first-order chi connectivity index (χ1) is 10.8. The second-order valence-electron chi connectivity index (χ2n) is 7.52. The van der Waals surface area contributed by atoms with Gasteiger partial charge < -0.3 is 13.3 Å². The van der Waals surface area contributed by atoms with Crippen molar-refractivity contribution in [2.45, 2.75) is 84.5 Å². The first-order valence-electron chi connectivity index (χ1n) is 9.69. The van der Waals surface area contributed by atoms with Crippen LogP contribution >= 0.6 is 0 Å². The molecule has 1 heteroatoms. The van der Waals surface area contributed by atoms with Crippen LogP contribution in [0.1, 0.15) is 84.5 Å². The molecule has 0 saturated heterocycles. The van der Waals surface area contributed by atoms with Crippen molar-refractivity contribution < 1.29 is 0 Å². The minimum absolute atomic E-state index is 0. The second-order valence-corrected chi connectivity index (χ2v) is 7.52. The molecule has 0 aliphatic heterocycles. The average Bonchev–Trinajstić information content (AvgIpc) is 2.60. The fourth-order valence-electron chi connectivity index (χ4n) is 4.39. The maximum Gasteiger partial charge on any atom is 0 e. The van der Waals surface area contributed by atoms with E-state index in [4.69, 9.17) is 0 Å². The Morgan fingerprint density at radius 3 is 2.04 bits per heavy atom. The van der Waals surface area contributed by atoms with Crippen LogP contribution in [0.3, 0.4) is 0 Å². The van der Waals surface area contributed by atoms with Gasteiger partial charge in [0.1, 0.15) is 0 Å². The van der Waals surface area contributed by atoms with Gasteiger partial charge in [0.15, 0.2) is 0 Å². The van der Waals surface area contributed by atoms with Gasteiger partial charge in [0.05, 0.1) is 0 Å². The minimum atomic E-state index is 0. The summed E-state index contributed by atoms with van der Waals surface area (Å²) in [5.74, 6) is 2.96. The van der Waals surface area contributed by atoms with Crippen molar-refractivity contribution in [3.8, 4) is 0 Å². The number of hydrogen-bond donors (Lipinski definition) is 0. The Kier molecular flexibility index (Phi) is 8.74. The molecular weight excluding hydrogens is 516 g/mol. The molecule has 3 aliphatic carbocycles. The molecule has 3 rings (SSSR count). The molecule has 0 nitrogen and oxygen atoms in total. The SMILES string of the molecule is CC1CC=C(CC2=CCC(C3CC[CH-]CC3)CC2)CC1.[CH2-]C.[Es]. The maximum atomic E-state index is 3.25. The van der Waals surface area contributed by atoms with Gasteiger partial charge in [-0.15, -0.1) is 0 Å². The van der Waals surface area contributed by atoms with Crippen molar-refractivity contribution in [1.82, 2.24) is 0 Å². The summed E-state index contributed by atoms with van der Waals surface area (Å²) >= 11 is 0. The fraction of sp³-hybridized carbons (Fsp3) is 0.727. The molecule has 0 N–H and O–H groups in total. The molecule has 0 amide bonds. The standard InChI is InChI=1S/C20H31.C2H5.Es/c1-16-7-9-17(10-8-16)15-18-11-13-20(14-12-18)19-5-3-2-4-6-19;1-2;/h2,9,11,16,19-20H,3-8,10,12-15H2,1H3;1H2,2H3;/q2*-1;. The minimum Gasteiger partial charge on any atom is -0.346 e. The van der Waals surface area contributed by atoms with Crippen LogP contribution < -0.4 is 0 Å². The Morgan fingerprint density at radius 1 is 0.913 bits per heavy atom.